The van der Waals surface area contributed by atoms with Crippen molar-refractivity contribution in [1.82, 2.24) is 15.1 Å². The second-order valence-corrected chi connectivity index (χ2v) is 7.52. The molecule has 1 aliphatic heterocycles. The van der Waals surface area contributed by atoms with Gasteiger partial charge in [-0.15, -0.1) is 10.2 Å². The maximum absolute atomic E-state index is 5.83. The number of hydrogen-bond acceptors (Lipinski definition) is 3. The van der Waals surface area contributed by atoms with E-state index in [1.165, 1.54) is 48.7 Å². The topological polar surface area (TPSA) is 29.0 Å². The van der Waals surface area contributed by atoms with E-state index in [9.17, 15) is 0 Å². The van der Waals surface area contributed by atoms with Gasteiger partial charge in [-0.2, -0.15) is 0 Å². The van der Waals surface area contributed by atoms with Crippen LogP contribution in [-0.2, 0) is 6.42 Å². The lowest BCUT2D eigenvalue weighted by atomic mass is 10.0. The summed E-state index contributed by atoms with van der Waals surface area (Å²) >= 11 is 5.83. The lowest BCUT2D eigenvalue weighted by molar-refractivity contribution is 0.251. The first-order chi connectivity index (χ1) is 12.7. The molecule has 0 N–H and O–H groups in total. The second-order valence-electron chi connectivity index (χ2n) is 7.13. The highest BCUT2D eigenvalue weighted by Gasteiger charge is 2.21. The van der Waals surface area contributed by atoms with Crippen LogP contribution in [0.25, 0.3) is 22.0 Å². The van der Waals surface area contributed by atoms with Gasteiger partial charge in [-0.25, -0.2) is 0 Å². The van der Waals surface area contributed by atoms with Crippen LogP contribution < -0.4 is 0 Å². The molecule has 0 saturated carbocycles. The Bertz CT molecular complexity index is 892. The van der Waals surface area contributed by atoms with Crippen molar-refractivity contribution < 1.29 is 0 Å². The average Bonchev–Trinajstić information content (AvgIpc) is 3.14. The molecular weight excluding hydrogens is 342 g/mol. The van der Waals surface area contributed by atoms with E-state index in [4.69, 9.17) is 11.6 Å². The summed E-state index contributed by atoms with van der Waals surface area (Å²) in [6.45, 7) is 4.74. The normalized spacial score (nSPS) is 17.8. The molecule has 3 nitrogen and oxygen atoms in total. The van der Waals surface area contributed by atoms with E-state index in [0.29, 0.717) is 5.15 Å². The third-order valence-corrected chi connectivity index (χ3v) is 5.69. The highest BCUT2D eigenvalue weighted by molar-refractivity contribution is 6.29. The second kappa shape index (κ2) is 7.73. The van der Waals surface area contributed by atoms with E-state index in [1.807, 2.05) is 6.07 Å². The lowest BCUT2D eigenvalue weighted by Gasteiger charge is -2.23. The van der Waals surface area contributed by atoms with E-state index < -0.39 is 0 Å². The van der Waals surface area contributed by atoms with Crippen molar-refractivity contribution in [3.8, 4) is 11.3 Å². The zero-order chi connectivity index (χ0) is 17.9. The predicted molar refractivity (Wildman–Crippen MR) is 109 cm³/mol. The van der Waals surface area contributed by atoms with Crippen molar-refractivity contribution >= 4 is 22.4 Å². The summed E-state index contributed by atoms with van der Waals surface area (Å²) in [5.74, 6) is 0. The Balaban J connectivity index is 1.51. The molecule has 0 bridgehead atoms. The summed E-state index contributed by atoms with van der Waals surface area (Å²) in [5, 5.41) is 11.0. The zero-order valence-corrected chi connectivity index (χ0v) is 15.9. The molecule has 4 rings (SSSR count). The first kappa shape index (κ1) is 17.4. The summed E-state index contributed by atoms with van der Waals surface area (Å²) < 4.78 is 0. The molecule has 0 spiro atoms. The van der Waals surface area contributed by atoms with E-state index in [2.05, 4.69) is 58.4 Å². The van der Waals surface area contributed by atoms with Crippen molar-refractivity contribution in [2.45, 2.75) is 38.6 Å². The number of rotatable bonds is 5. The van der Waals surface area contributed by atoms with Crippen molar-refractivity contribution in [3.63, 3.8) is 0 Å². The van der Waals surface area contributed by atoms with Crippen LogP contribution in [0, 0.1) is 0 Å². The smallest absolute Gasteiger partial charge is 0.151 e. The third kappa shape index (κ3) is 3.74. The van der Waals surface area contributed by atoms with Gasteiger partial charge in [0, 0.05) is 18.2 Å². The molecule has 1 atom stereocenters. The molecule has 2 heterocycles. The molecule has 1 aromatic heterocycles. The fourth-order valence-corrected chi connectivity index (χ4v) is 4.11. The standard InChI is InChI=1S/C22H24ClN3/c1-2-20-4-3-12-26(20)13-11-16-5-6-18-15-19(8-7-17(18)14-16)21-9-10-22(23)25-24-21/h5-10,14-15,20H,2-4,11-13H2,1H3/t20-/m1/s1. The minimum absolute atomic E-state index is 0.419. The van der Waals surface area contributed by atoms with Gasteiger partial charge in [0.05, 0.1) is 5.69 Å². The van der Waals surface area contributed by atoms with Gasteiger partial charge in [0.1, 0.15) is 0 Å². The lowest BCUT2D eigenvalue weighted by Crippen LogP contribution is -2.30. The van der Waals surface area contributed by atoms with Crippen molar-refractivity contribution in [3.05, 3.63) is 59.2 Å². The van der Waals surface area contributed by atoms with Crippen LogP contribution in [0.2, 0.25) is 5.15 Å². The largest absolute Gasteiger partial charge is 0.300 e. The fraction of sp³-hybridized carbons (Fsp3) is 0.364. The average molecular weight is 366 g/mol. The summed E-state index contributed by atoms with van der Waals surface area (Å²) in [7, 11) is 0. The summed E-state index contributed by atoms with van der Waals surface area (Å²) in [5.41, 5.74) is 3.33. The van der Waals surface area contributed by atoms with Crippen LogP contribution in [0.1, 0.15) is 31.7 Å². The minimum Gasteiger partial charge on any atom is -0.300 e. The van der Waals surface area contributed by atoms with Gasteiger partial charge in [0.25, 0.3) is 0 Å². The number of halogens is 1. The predicted octanol–water partition coefficient (Wildman–Crippen LogP) is 5.37. The minimum atomic E-state index is 0.419. The zero-order valence-electron chi connectivity index (χ0n) is 15.2. The summed E-state index contributed by atoms with van der Waals surface area (Å²) in [6.07, 6.45) is 5.11. The third-order valence-electron chi connectivity index (χ3n) is 5.49. The van der Waals surface area contributed by atoms with Gasteiger partial charge in [-0.1, -0.05) is 48.9 Å². The Kier molecular flexibility index (Phi) is 5.18. The van der Waals surface area contributed by atoms with E-state index in [1.54, 1.807) is 6.07 Å². The van der Waals surface area contributed by atoms with Crippen LogP contribution >= 0.6 is 11.6 Å². The highest BCUT2D eigenvalue weighted by Crippen LogP contribution is 2.25. The van der Waals surface area contributed by atoms with Crippen LogP contribution in [-0.4, -0.2) is 34.2 Å². The number of hydrogen-bond donors (Lipinski definition) is 0. The Labute approximate surface area is 160 Å². The molecule has 0 aliphatic carbocycles. The first-order valence-corrected chi connectivity index (χ1v) is 9.87. The molecule has 134 valence electrons. The quantitative estimate of drug-likeness (QED) is 0.608. The van der Waals surface area contributed by atoms with Crippen LogP contribution in [0.4, 0.5) is 0 Å². The van der Waals surface area contributed by atoms with Gasteiger partial charge in [0.15, 0.2) is 5.15 Å². The molecule has 0 unspecified atom stereocenters. The molecule has 0 radical (unpaired) electrons. The van der Waals surface area contributed by atoms with Gasteiger partial charge < -0.3 is 4.90 Å². The monoisotopic (exact) mass is 365 g/mol. The maximum atomic E-state index is 5.83. The highest BCUT2D eigenvalue weighted by atomic mass is 35.5. The van der Waals surface area contributed by atoms with Gasteiger partial charge in [-0.05, 0) is 66.8 Å². The van der Waals surface area contributed by atoms with Gasteiger partial charge >= 0.3 is 0 Å². The van der Waals surface area contributed by atoms with Crippen molar-refractivity contribution in [2.75, 3.05) is 13.1 Å². The molecule has 0 amide bonds. The molecule has 1 aliphatic rings. The van der Waals surface area contributed by atoms with Gasteiger partial charge in [-0.3, -0.25) is 0 Å². The van der Waals surface area contributed by atoms with Crippen LogP contribution in [0.5, 0.6) is 0 Å². The van der Waals surface area contributed by atoms with Crippen LogP contribution in [0.3, 0.4) is 0 Å². The number of likely N-dealkylation sites (tertiary alicyclic amines) is 1. The van der Waals surface area contributed by atoms with E-state index >= 15 is 0 Å². The van der Waals surface area contributed by atoms with E-state index in [0.717, 1.165) is 23.7 Å². The number of nitrogens with zero attached hydrogens (tertiary/aromatic N) is 3. The Morgan fingerprint density at radius 1 is 1.04 bits per heavy atom. The molecule has 26 heavy (non-hydrogen) atoms. The number of aromatic nitrogens is 2. The fourth-order valence-electron chi connectivity index (χ4n) is 4.00. The summed E-state index contributed by atoms with van der Waals surface area (Å²) in [4.78, 5) is 2.66. The molecule has 4 heteroatoms. The maximum Gasteiger partial charge on any atom is 0.151 e. The van der Waals surface area contributed by atoms with Crippen LogP contribution in [0.15, 0.2) is 48.5 Å². The molecular formula is C22H24ClN3. The van der Waals surface area contributed by atoms with E-state index in [-0.39, 0.29) is 0 Å². The van der Waals surface area contributed by atoms with Gasteiger partial charge in [0.2, 0.25) is 0 Å². The Morgan fingerprint density at radius 2 is 1.88 bits per heavy atom. The van der Waals surface area contributed by atoms with Crippen molar-refractivity contribution in [1.29, 1.82) is 0 Å². The SMILES string of the molecule is CC[C@@H]1CCCN1CCc1ccc2cc(-c3ccc(Cl)nn3)ccc2c1. The Hall–Kier alpha value is -1.97. The summed E-state index contributed by atoms with van der Waals surface area (Å²) in [6, 6.07) is 17.7. The Morgan fingerprint density at radius 3 is 2.69 bits per heavy atom. The number of benzene rings is 2. The molecule has 3 aromatic rings. The number of fused-ring (bicyclic) bond motifs is 1. The molecule has 1 saturated heterocycles. The van der Waals surface area contributed by atoms with Crippen molar-refractivity contribution in [2.24, 2.45) is 0 Å². The first-order valence-electron chi connectivity index (χ1n) is 9.49. The molecule has 2 aromatic carbocycles. The molecule has 1 fully saturated rings.